The highest BCUT2D eigenvalue weighted by Crippen LogP contribution is 2.25. The van der Waals surface area contributed by atoms with Gasteiger partial charge in [0, 0.05) is 18.4 Å². The number of benzene rings is 1. The van der Waals surface area contributed by atoms with Crippen molar-refractivity contribution in [3.05, 3.63) is 72.6 Å². The third-order valence-corrected chi connectivity index (χ3v) is 4.18. The first-order chi connectivity index (χ1) is 12.8. The Bertz CT molecular complexity index is 868. The van der Waals surface area contributed by atoms with Gasteiger partial charge in [0.2, 0.25) is 0 Å². The number of anilines is 2. The first kappa shape index (κ1) is 16.3. The van der Waals surface area contributed by atoms with Gasteiger partial charge in [-0.1, -0.05) is 18.2 Å². The van der Waals surface area contributed by atoms with E-state index in [9.17, 15) is 4.79 Å². The lowest BCUT2D eigenvalue weighted by Crippen LogP contribution is -2.44. The minimum absolute atomic E-state index is 0.114. The van der Waals surface area contributed by atoms with E-state index in [1.807, 2.05) is 30.3 Å². The molecule has 3 heterocycles. The summed E-state index contributed by atoms with van der Waals surface area (Å²) in [6, 6.07) is 12.9. The van der Waals surface area contributed by atoms with Crippen molar-refractivity contribution in [2.24, 2.45) is 0 Å². The number of hydrogen-bond acceptors (Lipinski definition) is 6. The number of nitrogens with zero attached hydrogens (tertiary/aromatic N) is 3. The van der Waals surface area contributed by atoms with Gasteiger partial charge in [0.1, 0.15) is 18.1 Å². The molecule has 0 radical (unpaired) electrons. The van der Waals surface area contributed by atoms with Gasteiger partial charge in [-0.15, -0.1) is 0 Å². The Balaban J connectivity index is 1.58. The van der Waals surface area contributed by atoms with Crippen LogP contribution in [0.2, 0.25) is 0 Å². The molecule has 1 aromatic carbocycles. The van der Waals surface area contributed by atoms with Crippen LogP contribution in [0.3, 0.4) is 0 Å². The molecule has 2 aromatic heterocycles. The number of nitrogens with one attached hydrogen (secondary N) is 1. The van der Waals surface area contributed by atoms with Crippen LogP contribution >= 0.6 is 0 Å². The van der Waals surface area contributed by atoms with E-state index in [4.69, 9.17) is 9.15 Å². The molecule has 0 unspecified atom stereocenters. The predicted molar refractivity (Wildman–Crippen MR) is 95.1 cm³/mol. The fourth-order valence-electron chi connectivity index (χ4n) is 2.89. The number of morpholine rings is 1. The largest absolute Gasteiger partial charge is 0.472 e. The van der Waals surface area contributed by atoms with Crippen LogP contribution in [-0.2, 0) is 4.74 Å². The zero-order valence-electron chi connectivity index (χ0n) is 14.0. The summed E-state index contributed by atoms with van der Waals surface area (Å²) in [4.78, 5) is 23.4. The molecule has 0 aliphatic carbocycles. The molecular formula is C19H18N4O3. The number of carbonyl (C=O) groups is 1. The van der Waals surface area contributed by atoms with Crippen LogP contribution < -0.4 is 5.32 Å². The molecule has 4 rings (SSSR count). The summed E-state index contributed by atoms with van der Waals surface area (Å²) >= 11 is 0. The van der Waals surface area contributed by atoms with Crippen LogP contribution in [0.1, 0.15) is 22.2 Å². The van der Waals surface area contributed by atoms with Crippen molar-refractivity contribution < 1.29 is 13.9 Å². The normalized spacial score (nSPS) is 17.1. The quantitative estimate of drug-likeness (QED) is 0.779. The van der Waals surface area contributed by atoms with Crippen LogP contribution in [0.4, 0.5) is 11.5 Å². The second kappa shape index (κ2) is 7.37. The van der Waals surface area contributed by atoms with Crippen LogP contribution in [0.5, 0.6) is 0 Å². The molecule has 1 saturated heterocycles. The number of rotatable bonds is 4. The summed E-state index contributed by atoms with van der Waals surface area (Å²) in [6.07, 6.45) is 4.62. The maximum atomic E-state index is 12.8. The highest BCUT2D eigenvalue weighted by Gasteiger charge is 2.31. The van der Waals surface area contributed by atoms with Crippen molar-refractivity contribution in [3.8, 4) is 0 Å². The van der Waals surface area contributed by atoms with E-state index in [1.54, 1.807) is 23.2 Å². The molecule has 1 aliphatic rings. The Morgan fingerprint density at radius 1 is 1.19 bits per heavy atom. The molecular weight excluding hydrogens is 332 g/mol. The first-order valence-electron chi connectivity index (χ1n) is 8.37. The Kier molecular flexibility index (Phi) is 4.61. The molecule has 132 valence electrons. The number of carbonyl (C=O) groups excluding carboxylic acids is 1. The number of amides is 1. The van der Waals surface area contributed by atoms with Crippen molar-refractivity contribution in [1.29, 1.82) is 0 Å². The Hall–Kier alpha value is -3.19. The molecule has 0 saturated carbocycles. The number of aromatic nitrogens is 2. The van der Waals surface area contributed by atoms with Gasteiger partial charge in [-0.25, -0.2) is 9.97 Å². The molecule has 0 bridgehead atoms. The molecule has 3 aromatic rings. The summed E-state index contributed by atoms with van der Waals surface area (Å²) in [5.74, 6) is 1.10. The van der Waals surface area contributed by atoms with Crippen LogP contribution in [0, 0.1) is 0 Å². The summed E-state index contributed by atoms with van der Waals surface area (Å²) in [6.45, 7) is 1.33. The smallest absolute Gasteiger partial charge is 0.257 e. The minimum Gasteiger partial charge on any atom is -0.472 e. The van der Waals surface area contributed by atoms with Gasteiger partial charge < -0.3 is 19.4 Å². The van der Waals surface area contributed by atoms with Gasteiger partial charge >= 0.3 is 0 Å². The topological polar surface area (TPSA) is 80.5 Å². The summed E-state index contributed by atoms with van der Waals surface area (Å²) < 4.78 is 10.6. The van der Waals surface area contributed by atoms with E-state index in [0.717, 1.165) is 5.69 Å². The highest BCUT2D eigenvalue weighted by atomic mass is 16.5. The lowest BCUT2D eigenvalue weighted by molar-refractivity contribution is -0.00522. The Labute approximate surface area is 150 Å². The zero-order chi connectivity index (χ0) is 17.8. The molecule has 1 aliphatic heterocycles. The average molecular weight is 350 g/mol. The summed E-state index contributed by atoms with van der Waals surface area (Å²) in [7, 11) is 0. The molecule has 26 heavy (non-hydrogen) atoms. The summed E-state index contributed by atoms with van der Waals surface area (Å²) in [5.41, 5.74) is 1.44. The van der Waals surface area contributed by atoms with E-state index in [2.05, 4.69) is 15.3 Å². The zero-order valence-corrected chi connectivity index (χ0v) is 14.0. The molecule has 1 N–H and O–H groups in total. The van der Waals surface area contributed by atoms with E-state index in [-0.39, 0.29) is 11.9 Å². The van der Waals surface area contributed by atoms with Gasteiger partial charge in [-0.2, -0.15) is 0 Å². The van der Waals surface area contributed by atoms with E-state index in [0.29, 0.717) is 37.0 Å². The minimum atomic E-state index is -0.344. The molecule has 7 nitrogen and oxygen atoms in total. The van der Waals surface area contributed by atoms with Gasteiger partial charge in [0.05, 0.1) is 25.0 Å². The second-order valence-electron chi connectivity index (χ2n) is 5.89. The first-order valence-corrected chi connectivity index (χ1v) is 8.37. The van der Waals surface area contributed by atoms with E-state index in [1.165, 1.54) is 12.5 Å². The van der Waals surface area contributed by atoms with Crippen molar-refractivity contribution >= 4 is 17.4 Å². The molecule has 1 amide bonds. The van der Waals surface area contributed by atoms with Crippen molar-refractivity contribution in [3.63, 3.8) is 0 Å². The molecule has 7 heteroatoms. The second-order valence-corrected chi connectivity index (χ2v) is 5.89. The number of hydrogen-bond donors (Lipinski definition) is 1. The van der Waals surface area contributed by atoms with Crippen LogP contribution in [0.15, 0.2) is 65.6 Å². The fraction of sp³-hybridized carbons (Fsp3) is 0.211. The third-order valence-electron chi connectivity index (χ3n) is 4.18. The average Bonchev–Trinajstić information content (AvgIpc) is 3.23. The monoisotopic (exact) mass is 350 g/mol. The van der Waals surface area contributed by atoms with Crippen molar-refractivity contribution in [2.75, 3.05) is 25.1 Å². The number of furan rings is 1. The van der Waals surface area contributed by atoms with Crippen molar-refractivity contribution in [2.45, 2.75) is 6.04 Å². The lowest BCUT2D eigenvalue weighted by Gasteiger charge is -2.34. The summed E-state index contributed by atoms with van der Waals surface area (Å²) in [5, 5.41) is 3.24. The van der Waals surface area contributed by atoms with Gasteiger partial charge in [0.15, 0.2) is 5.82 Å². The third kappa shape index (κ3) is 3.43. The Morgan fingerprint density at radius 2 is 2.08 bits per heavy atom. The predicted octanol–water partition coefficient (Wildman–Crippen LogP) is 3.03. The van der Waals surface area contributed by atoms with Gasteiger partial charge in [-0.3, -0.25) is 4.79 Å². The standard InChI is InChI=1S/C19H18N4O3/c24-19(14-7-10-25-12-14)23-9-11-26-13-16(23)18-20-8-6-17(22-18)21-15-4-2-1-3-5-15/h1-8,10,12,16H,9,11,13H2,(H,20,21,22)/t16-/m0/s1. The lowest BCUT2D eigenvalue weighted by atomic mass is 10.1. The molecule has 0 spiro atoms. The SMILES string of the molecule is O=C(c1ccoc1)N1CCOC[C@H]1c1nccc(Nc2ccccc2)n1. The maximum Gasteiger partial charge on any atom is 0.257 e. The van der Waals surface area contributed by atoms with Crippen LogP contribution in [0.25, 0.3) is 0 Å². The molecule has 1 atom stereocenters. The van der Waals surface area contributed by atoms with Gasteiger partial charge in [0.25, 0.3) is 5.91 Å². The fourth-order valence-corrected chi connectivity index (χ4v) is 2.89. The van der Waals surface area contributed by atoms with E-state index >= 15 is 0 Å². The van der Waals surface area contributed by atoms with E-state index < -0.39 is 0 Å². The van der Waals surface area contributed by atoms with Gasteiger partial charge in [-0.05, 0) is 24.3 Å². The van der Waals surface area contributed by atoms with Crippen LogP contribution in [-0.4, -0.2) is 40.5 Å². The maximum absolute atomic E-state index is 12.8. The number of ether oxygens (including phenoxy) is 1. The number of para-hydroxylation sites is 1. The molecule has 1 fully saturated rings. The highest BCUT2D eigenvalue weighted by molar-refractivity contribution is 5.94. The van der Waals surface area contributed by atoms with Crippen molar-refractivity contribution in [1.82, 2.24) is 14.9 Å². The Morgan fingerprint density at radius 3 is 2.88 bits per heavy atom.